The fourth-order valence-electron chi connectivity index (χ4n) is 2.93. The van der Waals surface area contributed by atoms with Gasteiger partial charge < -0.3 is 15.4 Å². The highest BCUT2D eigenvalue weighted by molar-refractivity contribution is 7.15. The normalized spacial score (nSPS) is 13.0. The molecule has 1 aliphatic carbocycles. The summed E-state index contributed by atoms with van der Waals surface area (Å²) in [6.45, 7) is 1.90. The third-order valence-corrected chi connectivity index (χ3v) is 5.55. The van der Waals surface area contributed by atoms with Crippen LogP contribution in [-0.4, -0.2) is 24.5 Å². The molecule has 0 aliphatic heterocycles. The molecule has 1 aliphatic rings. The van der Waals surface area contributed by atoms with Crippen molar-refractivity contribution in [2.75, 3.05) is 11.9 Å². The number of hydrogen-bond donors (Lipinski definition) is 2. The summed E-state index contributed by atoms with van der Waals surface area (Å²) in [7, 11) is 0. The molecule has 1 aromatic heterocycles. The minimum Gasteiger partial charge on any atom is -0.484 e. The van der Waals surface area contributed by atoms with E-state index in [-0.39, 0.29) is 24.5 Å². The van der Waals surface area contributed by atoms with Gasteiger partial charge in [-0.1, -0.05) is 48.0 Å². The van der Waals surface area contributed by atoms with Crippen molar-refractivity contribution in [3.63, 3.8) is 0 Å². The van der Waals surface area contributed by atoms with Crippen molar-refractivity contribution in [1.29, 1.82) is 0 Å². The van der Waals surface area contributed by atoms with Gasteiger partial charge in [-0.15, -0.1) is 11.3 Å². The van der Waals surface area contributed by atoms with Crippen LogP contribution in [0.25, 0.3) is 11.1 Å². The van der Waals surface area contributed by atoms with Crippen molar-refractivity contribution in [2.24, 2.45) is 0 Å². The first kappa shape index (κ1) is 19.2. The Morgan fingerprint density at radius 3 is 2.48 bits per heavy atom. The van der Waals surface area contributed by atoms with Crippen molar-refractivity contribution in [3.8, 4) is 16.9 Å². The Balaban J connectivity index is 1.54. The van der Waals surface area contributed by atoms with Crippen molar-refractivity contribution in [1.82, 2.24) is 5.32 Å². The monoisotopic (exact) mass is 406 g/mol. The zero-order valence-corrected chi connectivity index (χ0v) is 16.9. The Kier molecular flexibility index (Phi) is 5.62. The molecule has 5 nitrogen and oxygen atoms in total. The molecule has 3 aromatic rings. The SMILES string of the molecule is Cc1ccc(-c2csc(NC(=O)COc3ccccc3)c2C(=O)NC2CC2)cc1. The third-order valence-electron chi connectivity index (χ3n) is 4.66. The molecule has 1 saturated carbocycles. The molecule has 1 fully saturated rings. The second-order valence-corrected chi connectivity index (χ2v) is 8.00. The molecular weight excluding hydrogens is 384 g/mol. The molecule has 2 N–H and O–H groups in total. The van der Waals surface area contributed by atoms with Crippen molar-refractivity contribution < 1.29 is 14.3 Å². The number of para-hydroxylation sites is 1. The maximum absolute atomic E-state index is 12.9. The van der Waals surface area contributed by atoms with Crippen LogP contribution in [0.2, 0.25) is 0 Å². The van der Waals surface area contributed by atoms with Crippen LogP contribution in [0.3, 0.4) is 0 Å². The van der Waals surface area contributed by atoms with Crippen molar-refractivity contribution in [2.45, 2.75) is 25.8 Å². The van der Waals surface area contributed by atoms with Gasteiger partial charge in [0.1, 0.15) is 10.8 Å². The van der Waals surface area contributed by atoms with Crippen LogP contribution in [-0.2, 0) is 4.79 Å². The maximum atomic E-state index is 12.9. The maximum Gasteiger partial charge on any atom is 0.262 e. The molecule has 2 aromatic carbocycles. The lowest BCUT2D eigenvalue weighted by Crippen LogP contribution is -2.27. The number of amides is 2. The lowest BCUT2D eigenvalue weighted by molar-refractivity contribution is -0.118. The van der Waals surface area contributed by atoms with Crippen LogP contribution in [0.1, 0.15) is 28.8 Å². The van der Waals surface area contributed by atoms with Gasteiger partial charge in [0.25, 0.3) is 11.8 Å². The quantitative estimate of drug-likeness (QED) is 0.601. The average molecular weight is 407 g/mol. The van der Waals surface area contributed by atoms with Gasteiger partial charge in [-0.2, -0.15) is 0 Å². The highest BCUT2D eigenvalue weighted by Gasteiger charge is 2.28. The van der Waals surface area contributed by atoms with E-state index in [9.17, 15) is 9.59 Å². The Labute approximate surface area is 173 Å². The summed E-state index contributed by atoms with van der Waals surface area (Å²) in [5, 5.41) is 8.34. The predicted molar refractivity (Wildman–Crippen MR) is 116 cm³/mol. The molecule has 4 rings (SSSR count). The van der Waals surface area contributed by atoms with Gasteiger partial charge in [-0.05, 0) is 37.5 Å². The van der Waals surface area contributed by atoms with E-state index in [1.165, 1.54) is 11.3 Å². The molecule has 0 unspecified atom stereocenters. The van der Waals surface area contributed by atoms with Crippen LogP contribution in [0.5, 0.6) is 5.75 Å². The lowest BCUT2D eigenvalue weighted by Gasteiger charge is -2.10. The molecule has 1 heterocycles. The minimum atomic E-state index is -0.299. The summed E-state index contributed by atoms with van der Waals surface area (Å²) in [4.78, 5) is 25.3. The number of anilines is 1. The van der Waals surface area contributed by atoms with Crippen LogP contribution >= 0.6 is 11.3 Å². The molecule has 0 radical (unpaired) electrons. The van der Waals surface area contributed by atoms with E-state index >= 15 is 0 Å². The number of ether oxygens (including phenoxy) is 1. The fraction of sp³-hybridized carbons (Fsp3) is 0.217. The Bertz CT molecular complexity index is 1010. The number of carbonyl (C=O) groups is 2. The Morgan fingerprint density at radius 2 is 1.79 bits per heavy atom. The van der Waals surface area contributed by atoms with Crippen LogP contribution < -0.4 is 15.4 Å². The number of hydrogen-bond acceptors (Lipinski definition) is 4. The fourth-order valence-corrected chi connectivity index (χ4v) is 3.92. The molecule has 29 heavy (non-hydrogen) atoms. The van der Waals surface area contributed by atoms with Crippen LogP contribution in [0.15, 0.2) is 60.0 Å². The summed E-state index contributed by atoms with van der Waals surface area (Å²) in [5.74, 6) is 0.177. The largest absolute Gasteiger partial charge is 0.484 e. The van der Waals surface area contributed by atoms with Gasteiger partial charge in [0.05, 0.1) is 5.56 Å². The van der Waals surface area contributed by atoms with E-state index < -0.39 is 0 Å². The molecular formula is C23H22N2O3S. The molecule has 0 bridgehead atoms. The first-order valence-corrected chi connectivity index (χ1v) is 10.4. The Morgan fingerprint density at radius 1 is 1.07 bits per heavy atom. The highest BCUT2D eigenvalue weighted by Crippen LogP contribution is 2.36. The van der Waals surface area contributed by atoms with Crippen LogP contribution in [0.4, 0.5) is 5.00 Å². The minimum absolute atomic E-state index is 0.120. The lowest BCUT2D eigenvalue weighted by atomic mass is 10.0. The van der Waals surface area contributed by atoms with E-state index in [4.69, 9.17) is 4.74 Å². The van der Waals surface area contributed by atoms with Gasteiger partial charge >= 0.3 is 0 Å². The van der Waals surface area contributed by atoms with Gasteiger partial charge in [-0.25, -0.2) is 0 Å². The average Bonchev–Trinajstić information content (AvgIpc) is 3.45. The van der Waals surface area contributed by atoms with Gasteiger partial charge in [0, 0.05) is 17.0 Å². The number of carbonyl (C=O) groups excluding carboxylic acids is 2. The summed E-state index contributed by atoms with van der Waals surface area (Å²) >= 11 is 1.35. The predicted octanol–water partition coefficient (Wildman–Crippen LogP) is 4.63. The first-order chi connectivity index (χ1) is 14.1. The van der Waals surface area contributed by atoms with Crippen LogP contribution in [0, 0.1) is 6.92 Å². The van der Waals surface area contributed by atoms with E-state index in [0.717, 1.165) is 29.5 Å². The van der Waals surface area contributed by atoms with Gasteiger partial charge in [-0.3, -0.25) is 9.59 Å². The molecule has 0 saturated heterocycles. The van der Waals surface area contributed by atoms with E-state index in [2.05, 4.69) is 10.6 Å². The van der Waals surface area contributed by atoms with Crippen molar-refractivity contribution >= 4 is 28.2 Å². The summed E-state index contributed by atoms with van der Waals surface area (Å²) in [6, 6.07) is 17.4. The first-order valence-electron chi connectivity index (χ1n) is 9.57. The number of rotatable bonds is 7. The highest BCUT2D eigenvalue weighted by atomic mass is 32.1. The van der Waals surface area contributed by atoms with E-state index in [0.29, 0.717) is 16.3 Å². The second-order valence-electron chi connectivity index (χ2n) is 7.12. The molecule has 0 spiro atoms. The Hall–Kier alpha value is -3.12. The summed E-state index contributed by atoms with van der Waals surface area (Å²) in [5.41, 5.74) is 3.44. The zero-order chi connectivity index (χ0) is 20.2. The standard InChI is InChI=1S/C23H22N2O3S/c1-15-7-9-16(10-8-15)19-14-29-23(21(19)22(27)24-17-11-12-17)25-20(26)13-28-18-5-3-2-4-6-18/h2-10,14,17H,11-13H2,1H3,(H,24,27)(H,25,26). The topological polar surface area (TPSA) is 67.4 Å². The van der Waals surface area contributed by atoms with Gasteiger partial charge in [0.15, 0.2) is 6.61 Å². The second kappa shape index (κ2) is 8.49. The third kappa shape index (κ3) is 4.84. The van der Waals surface area contributed by atoms with Gasteiger partial charge in [0.2, 0.25) is 0 Å². The molecule has 148 valence electrons. The van der Waals surface area contributed by atoms with Crippen molar-refractivity contribution in [3.05, 3.63) is 71.1 Å². The smallest absolute Gasteiger partial charge is 0.262 e. The number of thiophene rings is 1. The summed E-state index contributed by atoms with van der Waals surface area (Å²) in [6.07, 6.45) is 2.00. The number of benzene rings is 2. The number of aryl methyl sites for hydroxylation is 1. The van der Waals surface area contributed by atoms with E-state index in [1.54, 1.807) is 12.1 Å². The van der Waals surface area contributed by atoms with E-state index in [1.807, 2.05) is 54.8 Å². The molecule has 0 atom stereocenters. The molecule has 6 heteroatoms. The molecule has 2 amide bonds. The number of nitrogens with one attached hydrogen (secondary N) is 2. The summed E-state index contributed by atoms with van der Waals surface area (Å²) < 4.78 is 5.51. The zero-order valence-electron chi connectivity index (χ0n) is 16.1.